The lowest BCUT2D eigenvalue weighted by molar-refractivity contribution is 0.939. The topological polar surface area (TPSA) is 0 Å². The summed E-state index contributed by atoms with van der Waals surface area (Å²) in [4.78, 5) is 0. The van der Waals surface area contributed by atoms with Gasteiger partial charge in [0.15, 0.2) is 0 Å². The fourth-order valence-corrected chi connectivity index (χ4v) is 3.77. The van der Waals surface area contributed by atoms with Gasteiger partial charge in [0.05, 0.1) is 0 Å². The normalized spacial score (nSPS) is 16.2. The van der Waals surface area contributed by atoms with Crippen LogP contribution in [0.3, 0.4) is 0 Å². The van der Waals surface area contributed by atoms with Crippen LogP contribution in [0.1, 0.15) is 42.0 Å². The molecule has 0 saturated heterocycles. The molecule has 0 unspecified atom stereocenters. The Labute approximate surface area is 150 Å². The summed E-state index contributed by atoms with van der Waals surface area (Å²) in [6, 6.07) is 30.4. The molecule has 3 aromatic rings. The Bertz CT molecular complexity index is 940. The third-order valence-electron chi connectivity index (χ3n) is 4.97. The van der Waals surface area contributed by atoms with Crippen molar-refractivity contribution < 1.29 is 0 Å². The van der Waals surface area contributed by atoms with E-state index in [1.165, 1.54) is 39.0 Å². The zero-order chi connectivity index (χ0) is 17.2. The summed E-state index contributed by atoms with van der Waals surface area (Å²) in [6.07, 6.45) is 2.39. The van der Waals surface area contributed by atoms with Crippen molar-refractivity contribution in [3.05, 3.63) is 124 Å². The lowest BCUT2D eigenvalue weighted by atomic mass is 9.73. The third-order valence-corrected chi connectivity index (χ3v) is 4.97. The molecule has 1 aliphatic carbocycles. The summed E-state index contributed by atoms with van der Waals surface area (Å²) in [7, 11) is 0. The van der Waals surface area contributed by atoms with E-state index >= 15 is 0 Å². The van der Waals surface area contributed by atoms with E-state index in [1.54, 1.807) is 0 Å². The Morgan fingerprint density at radius 2 is 1.28 bits per heavy atom. The van der Waals surface area contributed by atoms with E-state index in [4.69, 9.17) is 0 Å². The molecule has 1 atom stereocenters. The summed E-state index contributed by atoms with van der Waals surface area (Å²) in [5.74, 6) is 0.301. The number of benzene rings is 3. The predicted molar refractivity (Wildman–Crippen MR) is 107 cm³/mol. The fraction of sp³-hybridized carbons (Fsp3) is 0.120. The van der Waals surface area contributed by atoms with Gasteiger partial charge in [-0.25, -0.2) is 0 Å². The molecule has 3 aromatic carbocycles. The minimum absolute atomic E-state index is 0.301. The smallest absolute Gasteiger partial charge is 0.0345 e. The Morgan fingerprint density at radius 1 is 0.680 bits per heavy atom. The zero-order valence-electron chi connectivity index (χ0n) is 14.7. The predicted octanol–water partition coefficient (Wildman–Crippen LogP) is 6.60. The SMILES string of the molecule is CC(C)=C1C=C(c2ccccc2)c2ccccc2[C@@H]1c1ccccc1. The van der Waals surface area contributed by atoms with Crippen LogP contribution in [0.2, 0.25) is 0 Å². The largest absolute Gasteiger partial charge is 0.0722 e. The highest BCUT2D eigenvalue weighted by Crippen LogP contribution is 2.44. The van der Waals surface area contributed by atoms with Crippen molar-refractivity contribution in [3.8, 4) is 0 Å². The highest BCUT2D eigenvalue weighted by Gasteiger charge is 2.27. The average Bonchev–Trinajstić information content (AvgIpc) is 2.68. The molecule has 0 fully saturated rings. The summed E-state index contributed by atoms with van der Waals surface area (Å²) < 4.78 is 0. The Kier molecular flexibility index (Phi) is 4.11. The van der Waals surface area contributed by atoms with Crippen molar-refractivity contribution in [2.75, 3.05) is 0 Å². The van der Waals surface area contributed by atoms with Gasteiger partial charge in [0.25, 0.3) is 0 Å². The van der Waals surface area contributed by atoms with Gasteiger partial charge in [-0.1, -0.05) is 90.5 Å². The lowest BCUT2D eigenvalue weighted by Crippen LogP contribution is -2.13. The zero-order valence-corrected chi connectivity index (χ0v) is 14.7. The van der Waals surface area contributed by atoms with E-state index in [0.717, 1.165) is 0 Å². The summed E-state index contributed by atoms with van der Waals surface area (Å²) >= 11 is 0. The Hall–Kier alpha value is -2.86. The maximum absolute atomic E-state index is 2.39. The van der Waals surface area contributed by atoms with Gasteiger partial charge in [-0.15, -0.1) is 0 Å². The van der Waals surface area contributed by atoms with Gasteiger partial charge in [0.1, 0.15) is 0 Å². The Morgan fingerprint density at radius 3 is 1.96 bits per heavy atom. The molecule has 0 aromatic heterocycles. The number of fused-ring (bicyclic) bond motifs is 1. The minimum Gasteiger partial charge on any atom is -0.0722 e. The summed E-state index contributed by atoms with van der Waals surface area (Å²) in [5, 5.41) is 0. The molecular formula is C25H22. The number of allylic oxidation sites excluding steroid dienone is 3. The van der Waals surface area contributed by atoms with Crippen molar-refractivity contribution in [2.24, 2.45) is 0 Å². The van der Waals surface area contributed by atoms with Gasteiger partial charge in [-0.3, -0.25) is 0 Å². The van der Waals surface area contributed by atoms with E-state index in [1.807, 2.05) is 0 Å². The van der Waals surface area contributed by atoms with Crippen LogP contribution in [-0.2, 0) is 0 Å². The van der Waals surface area contributed by atoms with Crippen molar-refractivity contribution in [1.82, 2.24) is 0 Å². The van der Waals surface area contributed by atoms with Crippen molar-refractivity contribution >= 4 is 5.57 Å². The van der Waals surface area contributed by atoms with Gasteiger partial charge in [-0.05, 0) is 53.3 Å². The molecule has 0 radical (unpaired) electrons. The van der Waals surface area contributed by atoms with Gasteiger partial charge >= 0.3 is 0 Å². The summed E-state index contributed by atoms with van der Waals surface area (Å²) in [6.45, 7) is 4.44. The molecule has 0 nitrogen and oxygen atoms in total. The number of hydrogen-bond acceptors (Lipinski definition) is 0. The molecule has 122 valence electrons. The van der Waals surface area contributed by atoms with Crippen LogP contribution in [0.4, 0.5) is 0 Å². The van der Waals surface area contributed by atoms with Crippen LogP contribution in [-0.4, -0.2) is 0 Å². The first-order valence-electron chi connectivity index (χ1n) is 8.84. The first-order valence-corrected chi connectivity index (χ1v) is 8.84. The molecule has 0 N–H and O–H groups in total. The van der Waals surface area contributed by atoms with Crippen LogP contribution in [0.15, 0.2) is 102 Å². The van der Waals surface area contributed by atoms with E-state index in [0.29, 0.717) is 5.92 Å². The van der Waals surface area contributed by atoms with Gasteiger partial charge < -0.3 is 0 Å². The van der Waals surface area contributed by atoms with E-state index in [2.05, 4.69) is 105 Å². The molecule has 0 saturated carbocycles. The van der Waals surface area contributed by atoms with Gasteiger partial charge in [-0.2, -0.15) is 0 Å². The maximum Gasteiger partial charge on any atom is 0.0345 e. The van der Waals surface area contributed by atoms with E-state index < -0.39 is 0 Å². The van der Waals surface area contributed by atoms with Gasteiger partial charge in [0, 0.05) is 5.92 Å². The standard InChI is InChI=1S/C25H22/c1-18(2)23-17-24(19-11-5-3-6-12-19)21-15-9-10-16-22(21)25(23)20-13-7-4-8-14-20/h3-17,25H,1-2H3/t25-/m0/s1. The van der Waals surface area contributed by atoms with E-state index in [9.17, 15) is 0 Å². The highest BCUT2D eigenvalue weighted by molar-refractivity contribution is 5.86. The maximum atomic E-state index is 2.39. The molecule has 0 amide bonds. The molecule has 1 aliphatic rings. The van der Waals surface area contributed by atoms with Crippen LogP contribution >= 0.6 is 0 Å². The van der Waals surface area contributed by atoms with Gasteiger partial charge in [0.2, 0.25) is 0 Å². The highest BCUT2D eigenvalue weighted by atomic mass is 14.3. The third kappa shape index (κ3) is 2.85. The van der Waals surface area contributed by atoms with Crippen LogP contribution < -0.4 is 0 Å². The molecule has 4 rings (SSSR count). The minimum atomic E-state index is 0.301. The summed E-state index contributed by atoms with van der Waals surface area (Å²) in [5.41, 5.74) is 9.47. The first kappa shape index (κ1) is 15.7. The second kappa shape index (κ2) is 6.57. The molecule has 25 heavy (non-hydrogen) atoms. The quantitative estimate of drug-likeness (QED) is 0.498. The van der Waals surface area contributed by atoms with Crippen molar-refractivity contribution in [3.63, 3.8) is 0 Å². The monoisotopic (exact) mass is 322 g/mol. The first-order chi connectivity index (χ1) is 12.3. The van der Waals surface area contributed by atoms with E-state index in [-0.39, 0.29) is 0 Å². The van der Waals surface area contributed by atoms with Crippen LogP contribution in [0.25, 0.3) is 5.57 Å². The second-order valence-corrected chi connectivity index (χ2v) is 6.81. The molecule has 0 bridgehead atoms. The van der Waals surface area contributed by atoms with Crippen LogP contribution in [0, 0.1) is 0 Å². The molecule has 0 aliphatic heterocycles. The van der Waals surface area contributed by atoms with Crippen LogP contribution in [0.5, 0.6) is 0 Å². The molecule has 0 heterocycles. The molecule has 0 spiro atoms. The number of hydrogen-bond donors (Lipinski definition) is 0. The second-order valence-electron chi connectivity index (χ2n) is 6.81. The Balaban J connectivity index is 1.99. The average molecular weight is 322 g/mol. The number of rotatable bonds is 2. The molecular weight excluding hydrogens is 300 g/mol. The van der Waals surface area contributed by atoms with Crippen molar-refractivity contribution in [2.45, 2.75) is 19.8 Å². The molecule has 0 heteroatoms. The fourth-order valence-electron chi connectivity index (χ4n) is 3.77. The lowest BCUT2D eigenvalue weighted by Gasteiger charge is -2.30. The van der Waals surface area contributed by atoms with Crippen molar-refractivity contribution in [1.29, 1.82) is 0 Å².